The van der Waals surface area contributed by atoms with Gasteiger partial charge in [-0.25, -0.2) is 4.79 Å². The number of fused-ring (bicyclic) bond motifs is 1. The standard InChI is InChI=1S/C19H24N4O2.C2HF3O2/c1-22-10-15(9-21-22)18(24)23-11-16-5-4-7-19(16,13-23)14-25-12-17-6-2-3-8-20-17;3-2(4,5)1(6)7/h2-3,6,8-10,16H,4-5,7,11-14H2,1H3;(H,6,7)/t16-,19+;/m1./s1. The molecule has 1 N–H and O–H groups in total. The van der Waals surface area contributed by atoms with Crippen molar-refractivity contribution in [1.29, 1.82) is 0 Å². The number of hydrogen-bond acceptors (Lipinski definition) is 5. The predicted molar refractivity (Wildman–Crippen MR) is 106 cm³/mol. The first-order valence-corrected chi connectivity index (χ1v) is 10.2. The third-order valence-electron chi connectivity index (χ3n) is 5.89. The maximum Gasteiger partial charge on any atom is 0.490 e. The van der Waals surface area contributed by atoms with Gasteiger partial charge >= 0.3 is 12.1 Å². The predicted octanol–water partition coefficient (Wildman–Crippen LogP) is 2.91. The Balaban J connectivity index is 0.000000360. The molecule has 174 valence electrons. The summed E-state index contributed by atoms with van der Waals surface area (Å²) >= 11 is 0. The van der Waals surface area contributed by atoms with Crippen LogP contribution in [0.1, 0.15) is 35.3 Å². The van der Waals surface area contributed by atoms with Crippen molar-refractivity contribution in [3.05, 3.63) is 48.0 Å². The van der Waals surface area contributed by atoms with Gasteiger partial charge in [-0.2, -0.15) is 18.3 Å². The smallest absolute Gasteiger partial charge is 0.475 e. The van der Waals surface area contributed by atoms with Gasteiger partial charge in [-0.05, 0) is 30.9 Å². The summed E-state index contributed by atoms with van der Waals surface area (Å²) < 4.78 is 39.4. The maximum absolute atomic E-state index is 12.8. The molecular weight excluding hydrogens is 429 g/mol. The molecular formula is C21H25F3N4O4. The molecule has 0 spiro atoms. The average molecular weight is 454 g/mol. The van der Waals surface area contributed by atoms with Gasteiger partial charge in [0.05, 0.1) is 30.7 Å². The van der Waals surface area contributed by atoms with Gasteiger partial charge in [0.15, 0.2) is 0 Å². The number of rotatable bonds is 5. The van der Waals surface area contributed by atoms with E-state index in [1.54, 1.807) is 23.3 Å². The zero-order valence-electron chi connectivity index (χ0n) is 17.6. The number of carboxylic acids is 1. The summed E-state index contributed by atoms with van der Waals surface area (Å²) in [7, 11) is 1.84. The van der Waals surface area contributed by atoms with Crippen molar-refractivity contribution in [2.75, 3.05) is 19.7 Å². The van der Waals surface area contributed by atoms with Crippen LogP contribution < -0.4 is 0 Å². The van der Waals surface area contributed by atoms with Crippen LogP contribution >= 0.6 is 0 Å². The molecule has 1 amide bonds. The van der Waals surface area contributed by atoms with E-state index in [-0.39, 0.29) is 11.3 Å². The fourth-order valence-electron chi connectivity index (χ4n) is 4.36. The molecule has 3 heterocycles. The van der Waals surface area contributed by atoms with E-state index in [0.29, 0.717) is 24.7 Å². The maximum atomic E-state index is 12.8. The minimum atomic E-state index is -5.08. The third-order valence-corrected chi connectivity index (χ3v) is 5.89. The number of aryl methyl sites for hydroxylation is 1. The molecule has 2 aliphatic rings. The number of likely N-dealkylation sites (tertiary alicyclic amines) is 1. The van der Waals surface area contributed by atoms with E-state index in [1.807, 2.05) is 30.1 Å². The first-order valence-electron chi connectivity index (χ1n) is 10.2. The average Bonchev–Trinajstić information content (AvgIpc) is 3.42. The van der Waals surface area contributed by atoms with Crippen molar-refractivity contribution in [3.63, 3.8) is 0 Å². The largest absolute Gasteiger partial charge is 0.490 e. The highest BCUT2D eigenvalue weighted by Gasteiger charge is 2.50. The van der Waals surface area contributed by atoms with Crippen LogP contribution in [-0.2, 0) is 23.2 Å². The summed E-state index contributed by atoms with van der Waals surface area (Å²) in [5.41, 5.74) is 1.73. The number of aliphatic carboxylic acids is 1. The number of carbonyl (C=O) groups excluding carboxylic acids is 1. The van der Waals surface area contributed by atoms with E-state index in [2.05, 4.69) is 10.1 Å². The SMILES string of the molecule is Cn1cc(C(=O)N2C[C@H]3CCC[C@@]3(COCc3ccccn3)C2)cn1.O=C(O)C(F)(F)F. The highest BCUT2D eigenvalue weighted by atomic mass is 19.4. The molecule has 2 aromatic rings. The molecule has 11 heteroatoms. The molecule has 1 aliphatic carbocycles. The van der Waals surface area contributed by atoms with Crippen molar-refractivity contribution in [2.24, 2.45) is 18.4 Å². The molecule has 2 aromatic heterocycles. The Morgan fingerprint density at radius 1 is 1.34 bits per heavy atom. The van der Waals surface area contributed by atoms with Gasteiger partial charge in [0.2, 0.25) is 0 Å². The molecule has 2 fully saturated rings. The van der Waals surface area contributed by atoms with Gasteiger partial charge in [0.25, 0.3) is 5.91 Å². The molecule has 32 heavy (non-hydrogen) atoms. The molecule has 2 atom stereocenters. The number of halogens is 3. The summed E-state index contributed by atoms with van der Waals surface area (Å²) in [5, 5.41) is 11.2. The third kappa shape index (κ3) is 5.64. The van der Waals surface area contributed by atoms with Crippen LogP contribution in [0, 0.1) is 11.3 Å². The summed E-state index contributed by atoms with van der Waals surface area (Å²) in [6, 6.07) is 5.87. The number of amides is 1. The minimum absolute atomic E-state index is 0.0894. The number of nitrogens with zero attached hydrogens (tertiary/aromatic N) is 4. The number of hydrogen-bond donors (Lipinski definition) is 1. The molecule has 1 saturated carbocycles. The highest BCUT2D eigenvalue weighted by Crippen LogP contribution is 2.49. The van der Waals surface area contributed by atoms with Crippen molar-refractivity contribution in [1.82, 2.24) is 19.7 Å². The Bertz CT molecular complexity index is 935. The van der Waals surface area contributed by atoms with Crippen LogP contribution in [0.2, 0.25) is 0 Å². The van der Waals surface area contributed by atoms with Crippen molar-refractivity contribution < 1.29 is 32.6 Å². The second kappa shape index (κ2) is 9.68. The molecule has 0 aromatic carbocycles. The summed E-state index contributed by atoms with van der Waals surface area (Å²) in [6.45, 7) is 2.85. The number of alkyl halides is 3. The van der Waals surface area contributed by atoms with Crippen molar-refractivity contribution in [2.45, 2.75) is 32.0 Å². The van der Waals surface area contributed by atoms with Crippen molar-refractivity contribution >= 4 is 11.9 Å². The quantitative estimate of drug-likeness (QED) is 0.746. The fraction of sp³-hybridized carbons (Fsp3) is 0.524. The molecule has 8 nitrogen and oxygen atoms in total. The lowest BCUT2D eigenvalue weighted by Gasteiger charge is -2.28. The molecule has 0 bridgehead atoms. The van der Waals surface area contributed by atoms with E-state index in [9.17, 15) is 18.0 Å². The van der Waals surface area contributed by atoms with Gasteiger partial charge in [-0.3, -0.25) is 14.5 Å². The number of pyridine rings is 1. The Hall–Kier alpha value is -2.95. The number of carbonyl (C=O) groups is 2. The second-order valence-corrected chi connectivity index (χ2v) is 8.16. The topological polar surface area (TPSA) is 97.5 Å². The van der Waals surface area contributed by atoms with Gasteiger partial charge in [-0.1, -0.05) is 12.5 Å². The lowest BCUT2D eigenvalue weighted by atomic mass is 9.81. The highest BCUT2D eigenvalue weighted by molar-refractivity contribution is 5.94. The molecule has 1 aliphatic heterocycles. The summed E-state index contributed by atoms with van der Waals surface area (Å²) in [4.78, 5) is 28.0. The van der Waals surface area contributed by atoms with Crippen LogP contribution in [-0.4, -0.2) is 62.5 Å². The van der Waals surface area contributed by atoms with Crippen LogP contribution in [0.4, 0.5) is 13.2 Å². The summed E-state index contributed by atoms with van der Waals surface area (Å²) in [5.74, 6) is -2.13. The number of aromatic nitrogens is 3. The number of carboxylic acid groups (broad SMARTS) is 1. The molecule has 4 rings (SSSR count). The van der Waals surface area contributed by atoms with E-state index in [0.717, 1.165) is 25.2 Å². The second-order valence-electron chi connectivity index (χ2n) is 8.16. The molecule has 1 saturated heterocycles. The van der Waals surface area contributed by atoms with Gasteiger partial charge in [-0.15, -0.1) is 0 Å². The Morgan fingerprint density at radius 2 is 2.09 bits per heavy atom. The summed E-state index contributed by atoms with van der Waals surface area (Å²) in [6.07, 6.45) is 3.70. The van der Waals surface area contributed by atoms with Gasteiger partial charge in [0.1, 0.15) is 0 Å². The lowest BCUT2D eigenvalue weighted by Crippen LogP contribution is -2.34. The first kappa shape index (κ1) is 23.7. The normalized spacial score (nSPS) is 22.2. The fourth-order valence-corrected chi connectivity index (χ4v) is 4.36. The van der Waals surface area contributed by atoms with Gasteiger partial charge < -0.3 is 14.7 Å². The first-order chi connectivity index (χ1) is 15.1. The van der Waals surface area contributed by atoms with Crippen LogP contribution in [0.5, 0.6) is 0 Å². The zero-order chi connectivity index (χ0) is 23.4. The van der Waals surface area contributed by atoms with E-state index in [4.69, 9.17) is 14.6 Å². The Morgan fingerprint density at radius 3 is 2.69 bits per heavy atom. The van der Waals surface area contributed by atoms with E-state index in [1.165, 1.54) is 12.8 Å². The molecule has 0 unspecified atom stereocenters. The minimum Gasteiger partial charge on any atom is -0.475 e. The van der Waals surface area contributed by atoms with Crippen molar-refractivity contribution in [3.8, 4) is 0 Å². The zero-order valence-corrected chi connectivity index (χ0v) is 17.6. The lowest BCUT2D eigenvalue weighted by molar-refractivity contribution is -0.192. The number of ether oxygens (including phenoxy) is 1. The molecule has 0 radical (unpaired) electrons. The van der Waals surface area contributed by atoms with E-state index < -0.39 is 12.1 Å². The Labute approximate surface area is 183 Å². The Kier molecular flexibility index (Phi) is 7.17. The monoisotopic (exact) mass is 454 g/mol. The van der Waals surface area contributed by atoms with E-state index >= 15 is 0 Å². The van der Waals surface area contributed by atoms with Crippen LogP contribution in [0.3, 0.4) is 0 Å². The van der Waals surface area contributed by atoms with Gasteiger partial charge in [0, 0.05) is 37.9 Å². The van der Waals surface area contributed by atoms with Crippen LogP contribution in [0.15, 0.2) is 36.8 Å². The van der Waals surface area contributed by atoms with Crippen LogP contribution in [0.25, 0.3) is 0 Å².